The van der Waals surface area contributed by atoms with Crippen LogP contribution in [0.4, 0.5) is 5.69 Å². The Kier molecular flexibility index (Phi) is 7.05. The molecule has 4 aromatic rings. The molecule has 4 aromatic carbocycles. The molecule has 3 nitrogen and oxygen atoms in total. The predicted molar refractivity (Wildman–Crippen MR) is 131 cm³/mol. The van der Waals surface area contributed by atoms with Crippen LogP contribution in [0.5, 0.6) is 0 Å². The number of halogens is 1. The van der Waals surface area contributed by atoms with E-state index < -0.39 is 5.25 Å². The summed E-state index contributed by atoms with van der Waals surface area (Å²) in [7, 11) is 0. The van der Waals surface area contributed by atoms with E-state index in [9.17, 15) is 9.59 Å². The molecule has 4 rings (SSSR count). The molecule has 5 heteroatoms. The first-order valence-corrected chi connectivity index (χ1v) is 11.3. The first kappa shape index (κ1) is 21.9. The lowest BCUT2D eigenvalue weighted by atomic mass is 10.0. The normalized spacial score (nSPS) is 11.5. The quantitative estimate of drug-likeness (QED) is 0.239. The standard InChI is InChI=1S/C27H20ClNO2S/c28-21-16-17-24(23(18-21)25(30)19-10-4-1-5-11-19)29-27(31)26(20-12-6-2-7-13-20)32-22-14-8-3-9-15-22/h1-18,26H,(H,29,31)/t26-/m0/s1. The number of ketones is 1. The first-order chi connectivity index (χ1) is 15.6. The summed E-state index contributed by atoms with van der Waals surface area (Å²) in [6.45, 7) is 0. The maximum Gasteiger partial charge on any atom is 0.242 e. The summed E-state index contributed by atoms with van der Waals surface area (Å²) < 4.78 is 0. The van der Waals surface area contributed by atoms with Gasteiger partial charge in [-0.2, -0.15) is 0 Å². The van der Waals surface area contributed by atoms with E-state index in [-0.39, 0.29) is 11.7 Å². The third-order valence-electron chi connectivity index (χ3n) is 4.86. The third-order valence-corrected chi connectivity index (χ3v) is 6.36. The van der Waals surface area contributed by atoms with Crippen LogP contribution in [0.25, 0.3) is 0 Å². The summed E-state index contributed by atoms with van der Waals surface area (Å²) in [6, 6.07) is 33.2. The van der Waals surface area contributed by atoms with Crippen molar-refractivity contribution in [1.82, 2.24) is 0 Å². The van der Waals surface area contributed by atoms with E-state index in [4.69, 9.17) is 11.6 Å². The van der Waals surface area contributed by atoms with Crippen LogP contribution in [0, 0.1) is 0 Å². The van der Waals surface area contributed by atoms with Crippen molar-refractivity contribution >= 4 is 40.7 Å². The molecule has 0 unspecified atom stereocenters. The minimum atomic E-state index is -0.492. The lowest BCUT2D eigenvalue weighted by Gasteiger charge is -2.18. The highest BCUT2D eigenvalue weighted by atomic mass is 35.5. The van der Waals surface area contributed by atoms with Gasteiger partial charge < -0.3 is 5.32 Å². The Morgan fingerprint density at radius 3 is 2.00 bits per heavy atom. The highest BCUT2D eigenvalue weighted by Crippen LogP contribution is 2.36. The molecule has 158 valence electrons. The molecule has 1 amide bonds. The Morgan fingerprint density at radius 2 is 1.34 bits per heavy atom. The Labute approximate surface area is 196 Å². The minimum Gasteiger partial charge on any atom is -0.324 e. The Hall–Kier alpha value is -3.34. The summed E-state index contributed by atoms with van der Waals surface area (Å²) in [4.78, 5) is 27.5. The van der Waals surface area contributed by atoms with Gasteiger partial charge in [0.25, 0.3) is 0 Å². The van der Waals surface area contributed by atoms with Gasteiger partial charge >= 0.3 is 0 Å². The fourth-order valence-electron chi connectivity index (χ4n) is 3.29. The van der Waals surface area contributed by atoms with Gasteiger partial charge in [-0.25, -0.2) is 0 Å². The molecule has 0 aliphatic rings. The van der Waals surface area contributed by atoms with Gasteiger partial charge in [0.05, 0.1) is 5.69 Å². The van der Waals surface area contributed by atoms with Gasteiger partial charge in [0.2, 0.25) is 5.91 Å². The highest BCUT2D eigenvalue weighted by Gasteiger charge is 2.24. The van der Waals surface area contributed by atoms with Gasteiger partial charge in [0, 0.05) is 21.0 Å². The fraction of sp³-hybridized carbons (Fsp3) is 0.0370. The molecule has 0 spiro atoms. The highest BCUT2D eigenvalue weighted by molar-refractivity contribution is 8.00. The van der Waals surface area contributed by atoms with Gasteiger partial charge in [0.15, 0.2) is 5.78 Å². The molecular formula is C27H20ClNO2S. The second-order valence-corrected chi connectivity index (χ2v) is 8.71. The molecule has 32 heavy (non-hydrogen) atoms. The third kappa shape index (κ3) is 5.28. The first-order valence-electron chi connectivity index (χ1n) is 10.1. The van der Waals surface area contributed by atoms with Gasteiger partial charge in [-0.15, -0.1) is 11.8 Å². The van der Waals surface area contributed by atoms with Gasteiger partial charge in [0.1, 0.15) is 5.25 Å². The van der Waals surface area contributed by atoms with Crippen molar-refractivity contribution in [3.8, 4) is 0 Å². The average molecular weight is 458 g/mol. The van der Waals surface area contributed by atoms with Crippen molar-refractivity contribution in [3.63, 3.8) is 0 Å². The molecule has 0 radical (unpaired) electrons. The lowest BCUT2D eigenvalue weighted by molar-refractivity contribution is -0.115. The topological polar surface area (TPSA) is 46.2 Å². The fourth-order valence-corrected chi connectivity index (χ4v) is 4.51. The number of hydrogen-bond acceptors (Lipinski definition) is 3. The van der Waals surface area contributed by atoms with Crippen LogP contribution in [0.2, 0.25) is 5.02 Å². The molecule has 0 bridgehead atoms. The van der Waals surface area contributed by atoms with Crippen molar-refractivity contribution in [2.45, 2.75) is 10.1 Å². The maximum absolute atomic E-state index is 13.4. The second kappa shape index (κ2) is 10.3. The van der Waals surface area contributed by atoms with Gasteiger partial charge in [-0.05, 0) is 35.9 Å². The van der Waals surface area contributed by atoms with Gasteiger partial charge in [-0.3, -0.25) is 9.59 Å². The lowest BCUT2D eigenvalue weighted by Crippen LogP contribution is -2.20. The summed E-state index contributed by atoms with van der Waals surface area (Å²) in [6.07, 6.45) is 0. The van der Waals surface area contributed by atoms with Crippen LogP contribution in [-0.4, -0.2) is 11.7 Å². The zero-order valence-electron chi connectivity index (χ0n) is 17.1. The van der Waals surface area contributed by atoms with Crippen molar-refractivity contribution < 1.29 is 9.59 Å². The van der Waals surface area contributed by atoms with Crippen molar-refractivity contribution in [3.05, 3.63) is 131 Å². The van der Waals surface area contributed by atoms with Crippen molar-refractivity contribution in [2.75, 3.05) is 5.32 Å². The van der Waals surface area contributed by atoms with Crippen LogP contribution in [-0.2, 0) is 4.79 Å². The number of carbonyl (C=O) groups excluding carboxylic acids is 2. The van der Waals surface area contributed by atoms with E-state index in [0.717, 1.165) is 10.5 Å². The zero-order chi connectivity index (χ0) is 22.3. The van der Waals surface area contributed by atoms with Crippen LogP contribution < -0.4 is 5.32 Å². The number of thioether (sulfide) groups is 1. The molecular weight excluding hydrogens is 438 g/mol. The second-order valence-electron chi connectivity index (χ2n) is 7.10. The molecule has 1 N–H and O–H groups in total. The number of carbonyl (C=O) groups is 2. The summed E-state index contributed by atoms with van der Waals surface area (Å²) in [5.74, 6) is -0.412. The average Bonchev–Trinajstić information content (AvgIpc) is 2.85. The molecule has 0 aliphatic heterocycles. The Morgan fingerprint density at radius 1 is 0.750 bits per heavy atom. The smallest absolute Gasteiger partial charge is 0.242 e. The molecule has 0 fully saturated rings. The number of benzene rings is 4. The molecule has 0 aliphatic carbocycles. The van der Waals surface area contributed by atoms with E-state index in [2.05, 4.69) is 5.32 Å². The van der Waals surface area contributed by atoms with Crippen LogP contribution in [0.15, 0.2) is 114 Å². The predicted octanol–water partition coefficient (Wildman–Crippen LogP) is 7.04. The summed E-state index contributed by atoms with van der Waals surface area (Å²) in [5, 5.41) is 2.91. The number of rotatable bonds is 7. The maximum atomic E-state index is 13.4. The summed E-state index contributed by atoms with van der Waals surface area (Å²) in [5.41, 5.74) is 2.20. The van der Waals surface area contributed by atoms with E-state index in [0.29, 0.717) is 21.8 Å². The number of anilines is 1. The van der Waals surface area contributed by atoms with E-state index in [1.54, 1.807) is 42.5 Å². The Balaban J connectivity index is 1.66. The molecule has 0 saturated carbocycles. The monoisotopic (exact) mass is 457 g/mol. The van der Waals surface area contributed by atoms with E-state index >= 15 is 0 Å². The van der Waals surface area contributed by atoms with E-state index in [1.165, 1.54) is 11.8 Å². The SMILES string of the molecule is O=C(c1ccccc1)c1cc(Cl)ccc1NC(=O)[C@@H](Sc1ccccc1)c1ccccc1. The minimum absolute atomic E-state index is 0.199. The van der Waals surface area contributed by atoms with Crippen molar-refractivity contribution in [1.29, 1.82) is 0 Å². The largest absolute Gasteiger partial charge is 0.324 e. The van der Waals surface area contributed by atoms with Gasteiger partial charge in [-0.1, -0.05) is 90.5 Å². The van der Waals surface area contributed by atoms with Crippen LogP contribution >= 0.6 is 23.4 Å². The summed E-state index contributed by atoms with van der Waals surface area (Å²) >= 11 is 7.64. The van der Waals surface area contributed by atoms with Crippen molar-refractivity contribution in [2.24, 2.45) is 0 Å². The number of nitrogens with one attached hydrogen (secondary N) is 1. The number of amides is 1. The Bertz CT molecular complexity index is 1210. The molecule has 0 aromatic heterocycles. The van der Waals surface area contributed by atoms with Crippen LogP contribution in [0.1, 0.15) is 26.7 Å². The molecule has 0 saturated heterocycles. The van der Waals surface area contributed by atoms with Crippen LogP contribution in [0.3, 0.4) is 0 Å². The zero-order valence-corrected chi connectivity index (χ0v) is 18.6. The van der Waals surface area contributed by atoms with E-state index in [1.807, 2.05) is 66.7 Å². The number of hydrogen-bond donors (Lipinski definition) is 1. The molecule has 1 atom stereocenters. The molecule has 0 heterocycles.